The molecule has 2 aromatic heterocycles. The SMILES string of the molecule is [B]C(Nc1cc(Cl)c2ncc(C#N)c(NC3(C)CCC3)c2c1)(c1ccc(F)cc1)c1cn(C2CC2)nn1. The molecule has 2 aliphatic rings. The van der Waals surface area contributed by atoms with Gasteiger partial charge in [0.25, 0.3) is 0 Å². The first-order valence-electron chi connectivity index (χ1n) is 12.3. The topological polar surface area (TPSA) is 91.5 Å². The van der Waals surface area contributed by atoms with Gasteiger partial charge in [-0.25, -0.2) is 9.07 Å². The van der Waals surface area contributed by atoms with E-state index in [2.05, 4.69) is 38.9 Å². The summed E-state index contributed by atoms with van der Waals surface area (Å²) in [6.45, 7) is 2.15. The Morgan fingerprint density at radius 1 is 1.24 bits per heavy atom. The molecule has 2 aliphatic carbocycles. The lowest BCUT2D eigenvalue weighted by Crippen LogP contribution is -2.42. The van der Waals surface area contributed by atoms with E-state index >= 15 is 0 Å². The van der Waals surface area contributed by atoms with Crippen LogP contribution in [0.4, 0.5) is 15.8 Å². The van der Waals surface area contributed by atoms with E-state index in [-0.39, 0.29) is 11.4 Å². The lowest BCUT2D eigenvalue weighted by Gasteiger charge is -2.40. The number of fused-ring (bicyclic) bond motifs is 1. The van der Waals surface area contributed by atoms with Gasteiger partial charge in [-0.1, -0.05) is 28.9 Å². The van der Waals surface area contributed by atoms with Gasteiger partial charge in [0, 0.05) is 22.8 Å². The van der Waals surface area contributed by atoms with Gasteiger partial charge in [-0.2, -0.15) is 5.26 Å². The van der Waals surface area contributed by atoms with Crippen LogP contribution < -0.4 is 10.6 Å². The van der Waals surface area contributed by atoms with Crippen molar-refractivity contribution in [3.8, 4) is 6.07 Å². The highest BCUT2D eigenvalue weighted by atomic mass is 35.5. The van der Waals surface area contributed by atoms with Gasteiger partial charge < -0.3 is 10.6 Å². The van der Waals surface area contributed by atoms with Gasteiger partial charge in [0.2, 0.25) is 0 Å². The number of nitriles is 1. The lowest BCUT2D eigenvalue weighted by atomic mass is 9.69. The van der Waals surface area contributed by atoms with Crippen LogP contribution in [-0.2, 0) is 5.44 Å². The molecule has 1 unspecified atom stereocenters. The Labute approximate surface area is 220 Å². The number of hydrogen-bond donors (Lipinski definition) is 2. The second-order valence-electron chi connectivity index (χ2n) is 10.3. The molecule has 2 heterocycles. The number of aromatic nitrogens is 4. The summed E-state index contributed by atoms with van der Waals surface area (Å²) in [4.78, 5) is 4.46. The minimum atomic E-state index is -1.33. The molecule has 7 nitrogen and oxygen atoms in total. The highest BCUT2D eigenvalue weighted by molar-refractivity contribution is 6.36. The van der Waals surface area contributed by atoms with Gasteiger partial charge in [0.1, 0.15) is 25.4 Å². The van der Waals surface area contributed by atoms with Crippen molar-refractivity contribution in [2.24, 2.45) is 0 Å². The molecule has 2 N–H and O–H groups in total. The van der Waals surface area contributed by atoms with Gasteiger partial charge in [-0.3, -0.25) is 4.98 Å². The summed E-state index contributed by atoms with van der Waals surface area (Å²) in [6, 6.07) is 12.2. The third kappa shape index (κ3) is 4.29. The maximum absolute atomic E-state index is 13.8. The van der Waals surface area contributed by atoms with Crippen molar-refractivity contribution in [1.82, 2.24) is 20.0 Å². The molecule has 1 atom stereocenters. The minimum Gasteiger partial charge on any atom is -0.378 e. The number of pyridine rings is 1. The molecule has 4 aromatic rings. The highest BCUT2D eigenvalue weighted by Crippen LogP contribution is 2.41. The van der Waals surface area contributed by atoms with Crippen molar-refractivity contribution in [3.05, 3.63) is 76.5 Å². The van der Waals surface area contributed by atoms with Gasteiger partial charge in [0.05, 0.1) is 39.5 Å². The quantitative estimate of drug-likeness (QED) is 0.311. The molecule has 10 heteroatoms. The smallest absolute Gasteiger partial charge is 0.123 e. The van der Waals surface area contributed by atoms with E-state index in [1.54, 1.807) is 24.4 Å². The van der Waals surface area contributed by atoms with Crippen molar-refractivity contribution in [2.75, 3.05) is 10.6 Å². The van der Waals surface area contributed by atoms with Crippen LogP contribution in [0.15, 0.2) is 48.8 Å². The number of halogens is 2. The number of nitrogens with zero attached hydrogens (tertiary/aromatic N) is 5. The molecule has 2 aromatic carbocycles. The number of benzene rings is 2. The van der Waals surface area contributed by atoms with Crippen LogP contribution in [0, 0.1) is 17.1 Å². The Kier molecular flexibility index (Phi) is 5.61. The second kappa shape index (κ2) is 8.74. The van der Waals surface area contributed by atoms with Crippen molar-refractivity contribution < 1.29 is 4.39 Å². The highest BCUT2D eigenvalue weighted by Gasteiger charge is 2.35. The minimum absolute atomic E-state index is 0.0944. The van der Waals surface area contributed by atoms with E-state index < -0.39 is 5.44 Å². The number of anilines is 2. The number of nitrogens with one attached hydrogen (secondary N) is 2. The maximum atomic E-state index is 13.8. The van der Waals surface area contributed by atoms with Gasteiger partial charge in [-0.05, 0) is 68.9 Å². The largest absolute Gasteiger partial charge is 0.378 e. The molecule has 2 fully saturated rings. The Bertz CT molecular complexity index is 1540. The van der Waals surface area contributed by atoms with E-state index in [1.807, 2.05) is 16.9 Å². The zero-order valence-electron chi connectivity index (χ0n) is 20.3. The van der Waals surface area contributed by atoms with E-state index in [9.17, 15) is 9.65 Å². The first-order valence-corrected chi connectivity index (χ1v) is 12.7. The van der Waals surface area contributed by atoms with Crippen LogP contribution in [-0.4, -0.2) is 33.4 Å². The van der Waals surface area contributed by atoms with E-state index in [0.29, 0.717) is 50.2 Å². The normalized spacial score (nSPS) is 18.0. The third-order valence-electron chi connectivity index (χ3n) is 7.41. The Balaban J connectivity index is 1.47. The maximum Gasteiger partial charge on any atom is 0.123 e. The Morgan fingerprint density at radius 3 is 2.65 bits per heavy atom. The summed E-state index contributed by atoms with van der Waals surface area (Å²) in [5.41, 5.74) is 2.01. The fraction of sp³-hybridized carbons (Fsp3) is 0.333. The first-order chi connectivity index (χ1) is 17.8. The molecule has 37 heavy (non-hydrogen) atoms. The van der Waals surface area contributed by atoms with Crippen LogP contribution in [0.3, 0.4) is 0 Å². The van der Waals surface area contributed by atoms with E-state index in [0.717, 1.165) is 32.1 Å². The number of rotatable bonds is 7. The molecule has 2 saturated carbocycles. The predicted molar refractivity (Wildman–Crippen MR) is 142 cm³/mol. The molecule has 184 valence electrons. The van der Waals surface area contributed by atoms with Gasteiger partial charge in [-0.15, -0.1) is 5.10 Å². The fourth-order valence-corrected chi connectivity index (χ4v) is 5.15. The van der Waals surface area contributed by atoms with E-state index in [4.69, 9.17) is 19.4 Å². The molecule has 0 bridgehead atoms. The molecule has 0 saturated heterocycles. The second-order valence-corrected chi connectivity index (χ2v) is 10.7. The zero-order valence-corrected chi connectivity index (χ0v) is 21.1. The van der Waals surface area contributed by atoms with Crippen molar-refractivity contribution in [1.29, 1.82) is 5.26 Å². The van der Waals surface area contributed by atoms with Crippen molar-refractivity contribution >= 4 is 41.7 Å². The fourth-order valence-electron chi connectivity index (χ4n) is 4.88. The molecular weight excluding hydrogens is 488 g/mol. The zero-order chi connectivity index (χ0) is 25.8. The van der Waals surface area contributed by atoms with E-state index in [1.165, 1.54) is 12.1 Å². The average Bonchev–Trinajstić information content (AvgIpc) is 3.59. The summed E-state index contributed by atoms with van der Waals surface area (Å²) >= 11 is 6.71. The predicted octanol–water partition coefficient (Wildman–Crippen LogP) is 5.66. The van der Waals surface area contributed by atoms with Crippen LogP contribution in [0.5, 0.6) is 0 Å². The van der Waals surface area contributed by atoms with Crippen molar-refractivity contribution in [3.63, 3.8) is 0 Å². The molecule has 0 spiro atoms. The summed E-state index contributed by atoms with van der Waals surface area (Å²) < 4.78 is 15.6. The summed E-state index contributed by atoms with van der Waals surface area (Å²) in [5.74, 6) is -0.364. The summed E-state index contributed by atoms with van der Waals surface area (Å²) in [5, 5.41) is 26.6. The molecule has 0 aliphatic heterocycles. The lowest BCUT2D eigenvalue weighted by molar-refractivity contribution is 0.307. The first kappa shape index (κ1) is 23.7. The van der Waals surface area contributed by atoms with Crippen LogP contribution in [0.25, 0.3) is 10.9 Å². The van der Waals surface area contributed by atoms with Crippen LogP contribution in [0.2, 0.25) is 5.02 Å². The summed E-state index contributed by atoms with van der Waals surface area (Å²) in [6.07, 6.45) is 8.64. The third-order valence-corrected chi connectivity index (χ3v) is 7.69. The molecule has 6 rings (SSSR count). The van der Waals surface area contributed by atoms with Crippen LogP contribution >= 0.6 is 11.6 Å². The Hall–Kier alpha value is -3.64. The average molecular weight is 512 g/mol. The van der Waals surface area contributed by atoms with Crippen LogP contribution in [0.1, 0.15) is 61.9 Å². The molecule has 2 radical (unpaired) electrons. The molecular formula is C27H24BClFN7. The number of hydrogen-bond acceptors (Lipinski definition) is 6. The summed E-state index contributed by atoms with van der Waals surface area (Å²) in [7, 11) is 7.00. The monoisotopic (exact) mass is 511 g/mol. The standard InChI is InChI=1S/C27H24BClFN7/c1-26(9-2-10-26)34-24-16(13-31)14-32-25-21(24)11-19(12-22(25)29)33-27(28,17-3-5-18(30)6-4-17)23-15-37(36-35-23)20-7-8-20/h3-6,11-12,14-15,20,33H,2,7-10H2,1H3,(H,32,34). The Morgan fingerprint density at radius 2 is 2.00 bits per heavy atom. The van der Waals surface area contributed by atoms with Gasteiger partial charge in [0.15, 0.2) is 0 Å². The van der Waals surface area contributed by atoms with Gasteiger partial charge >= 0.3 is 0 Å². The van der Waals surface area contributed by atoms with Crippen molar-refractivity contribution in [2.45, 2.75) is 56.0 Å². The molecule has 0 amide bonds.